The van der Waals surface area contributed by atoms with Gasteiger partial charge in [-0.2, -0.15) is 0 Å². The minimum Gasteiger partial charge on any atom is -0.377 e. The number of pyridine rings is 1. The van der Waals surface area contributed by atoms with E-state index in [1.807, 2.05) is 85.5 Å². The van der Waals surface area contributed by atoms with Gasteiger partial charge in [-0.1, -0.05) is 12.1 Å². The first kappa shape index (κ1) is 17.2. The summed E-state index contributed by atoms with van der Waals surface area (Å²) in [5, 5.41) is 1.70. The quantitative estimate of drug-likeness (QED) is 0.531. The zero-order valence-corrected chi connectivity index (χ0v) is 15.8. The van der Waals surface area contributed by atoms with E-state index in [0.717, 1.165) is 22.0 Å². The molecule has 136 valence electrons. The molecule has 2 heterocycles. The van der Waals surface area contributed by atoms with Crippen molar-refractivity contribution < 1.29 is 14.2 Å². The largest absolute Gasteiger partial charge is 0.377 e. The minimum atomic E-state index is -0.213. The number of nitrogens with zero attached hydrogens (tertiary/aromatic N) is 3. The number of carbonyl (C=O) groups is 2. The van der Waals surface area contributed by atoms with Gasteiger partial charge in [0.15, 0.2) is 12.4 Å². The number of benzene rings is 2. The van der Waals surface area contributed by atoms with Crippen LogP contribution in [0.15, 0.2) is 54.9 Å². The number of aryl methyl sites for hydroxylation is 1. The summed E-state index contributed by atoms with van der Waals surface area (Å²) in [5.74, 6) is -0.425. The highest BCUT2D eigenvalue weighted by Crippen LogP contribution is 2.35. The van der Waals surface area contributed by atoms with Crippen LogP contribution in [0.1, 0.15) is 26.3 Å². The fourth-order valence-electron chi connectivity index (χ4n) is 3.66. The Morgan fingerprint density at radius 2 is 1.59 bits per heavy atom. The molecule has 5 heteroatoms. The lowest BCUT2D eigenvalue weighted by Crippen LogP contribution is -2.41. The van der Waals surface area contributed by atoms with Gasteiger partial charge in [0.05, 0.1) is 0 Å². The Hall–Kier alpha value is -3.21. The molecule has 4 rings (SSSR count). The highest BCUT2D eigenvalue weighted by molar-refractivity contribution is 6.26. The summed E-state index contributed by atoms with van der Waals surface area (Å²) in [7, 11) is 5.88. The maximum atomic E-state index is 13.1. The molecular formula is C22H22N3O2+. The summed E-state index contributed by atoms with van der Waals surface area (Å²) in [6, 6.07) is 13.5. The molecular weight excluding hydrogens is 338 g/mol. The number of rotatable bonds is 4. The van der Waals surface area contributed by atoms with Gasteiger partial charge < -0.3 is 4.90 Å². The molecule has 0 saturated carbocycles. The van der Waals surface area contributed by atoms with E-state index >= 15 is 0 Å². The molecule has 0 saturated heterocycles. The van der Waals surface area contributed by atoms with E-state index in [2.05, 4.69) is 0 Å². The minimum absolute atomic E-state index is 0.213. The van der Waals surface area contributed by atoms with Crippen LogP contribution >= 0.6 is 0 Å². The van der Waals surface area contributed by atoms with Crippen molar-refractivity contribution in [3.8, 4) is 0 Å². The monoisotopic (exact) mass is 360 g/mol. The van der Waals surface area contributed by atoms with Crippen LogP contribution in [0.4, 0.5) is 5.69 Å². The zero-order valence-electron chi connectivity index (χ0n) is 15.8. The standard InChI is InChI=1S/C22H22N3O2/c1-23(2)19-8-7-18-20-16(19)5-4-6-17(20)21(26)25(22(18)27)14-11-15-9-12-24(3)13-10-15/h4-10,12-13H,11,14H2,1-3H3/q+1. The van der Waals surface area contributed by atoms with Gasteiger partial charge in [0.1, 0.15) is 7.05 Å². The first-order valence-electron chi connectivity index (χ1n) is 9.01. The fourth-order valence-corrected chi connectivity index (χ4v) is 3.66. The number of hydrogen-bond donors (Lipinski definition) is 0. The van der Waals surface area contributed by atoms with Crippen LogP contribution in [0.5, 0.6) is 0 Å². The summed E-state index contributed by atoms with van der Waals surface area (Å²) in [5.41, 5.74) is 3.30. The molecule has 1 aromatic heterocycles. The van der Waals surface area contributed by atoms with Crippen LogP contribution in [0.25, 0.3) is 10.8 Å². The molecule has 1 aliphatic rings. The second-order valence-electron chi connectivity index (χ2n) is 7.14. The molecule has 0 atom stereocenters. The van der Waals surface area contributed by atoms with Crippen molar-refractivity contribution in [2.75, 3.05) is 25.5 Å². The molecule has 3 aromatic rings. The van der Waals surface area contributed by atoms with E-state index in [9.17, 15) is 9.59 Å². The lowest BCUT2D eigenvalue weighted by atomic mass is 9.92. The predicted octanol–water partition coefficient (Wildman–Crippen LogP) is 2.57. The molecule has 0 bridgehead atoms. The number of amides is 2. The van der Waals surface area contributed by atoms with Crippen LogP contribution in [0.2, 0.25) is 0 Å². The number of anilines is 1. The average Bonchev–Trinajstić information content (AvgIpc) is 2.66. The molecule has 0 aliphatic carbocycles. The van der Waals surface area contributed by atoms with Gasteiger partial charge in [0.2, 0.25) is 0 Å². The molecule has 1 aliphatic heterocycles. The molecule has 0 fully saturated rings. The van der Waals surface area contributed by atoms with Gasteiger partial charge in [-0.05, 0) is 30.2 Å². The molecule has 5 nitrogen and oxygen atoms in total. The van der Waals surface area contributed by atoms with Gasteiger partial charge in [-0.15, -0.1) is 0 Å². The van der Waals surface area contributed by atoms with Gasteiger partial charge >= 0.3 is 0 Å². The summed E-state index contributed by atoms with van der Waals surface area (Å²) in [6.45, 7) is 0.372. The van der Waals surface area contributed by atoms with Crippen LogP contribution in [-0.4, -0.2) is 37.4 Å². The summed E-state index contributed by atoms with van der Waals surface area (Å²) in [6.07, 6.45) is 4.57. The average molecular weight is 360 g/mol. The first-order chi connectivity index (χ1) is 13.0. The third-order valence-electron chi connectivity index (χ3n) is 5.12. The number of imide groups is 1. The summed E-state index contributed by atoms with van der Waals surface area (Å²) < 4.78 is 1.96. The third-order valence-corrected chi connectivity index (χ3v) is 5.12. The molecule has 0 unspecified atom stereocenters. The SMILES string of the molecule is CN(C)c1ccc2c3c(cccc13)C(=O)N(CCc1cc[n+](C)cc1)C2=O. The Labute approximate surface area is 158 Å². The van der Waals surface area contributed by atoms with E-state index in [1.165, 1.54) is 4.90 Å². The Balaban J connectivity index is 1.72. The maximum Gasteiger partial charge on any atom is 0.261 e. The molecule has 0 N–H and O–H groups in total. The van der Waals surface area contributed by atoms with Crippen LogP contribution in [0.3, 0.4) is 0 Å². The lowest BCUT2D eigenvalue weighted by molar-refractivity contribution is -0.671. The van der Waals surface area contributed by atoms with Crippen LogP contribution < -0.4 is 9.47 Å². The van der Waals surface area contributed by atoms with Gasteiger partial charge in [0.25, 0.3) is 11.8 Å². The molecule has 27 heavy (non-hydrogen) atoms. The third kappa shape index (κ3) is 2.85. The van der Waals surface area contributed by atoms with Gasteiger partial charge in [-0.3, -0.25) is 14.5 Å². The van der Waals surface area contributed by atoms with E-state index < -0.39 is 0 Å². The molecule has 0 radical (unpaired) electrons. The smallest absolute Gasteiger partial charge is 0.261 e. The van der Waals surface area contributed by atoms with E-state index in [0.29, 0.717) is 24.1 Å². The molecule has 2 aromatic carbocycles. The Bertz CT molecular complexity index is 1030. The topological polar surface area (TPSA) is 44.5 Å². The highest BCUT2D eigenvalue weighted by atomic mass is 16.2. The van der Waals surface area contributed by atoms with Crippen LogP contribution in [0, 0.1) is 0 Å². The van der Waals surface area contributed by atoms with Crippen molar-refractivity contribution >= 4 is 28.3 Å². The number of carbonyl (C=O) groups excluding carboxylic acids is 2. The normalized spacial score (nSPS) is 13.4. The summed E-state index contributed by atoms with van der Waals surface area (Å²) >= 11 is 0. The number of aromatic nitrogens is 1. The molecule has 2 amide bonds. The van der Waals surface area contributed by atoms with Crippen molar-refractivity contribution in [2.45, 2.75) is 6.42 Å². The van der Waals surface area contributed by atoms with E-state index in [4.69, 9.17) is 0 Å². The second-order valence-corrected chi connectivity index (χ2v) is 7.14. The lowest BCUT2D eigenvalue weighted by Gasteiger charge is -2.28. The van der Waals surface area contributed by atoms with Crippen molar-refractivity contribution in [2.24, 2.45) is 7.05 Å². The highest BCUT2D eigenvalue weighted by Gasteiger charge is 2.33. The van der Waals surface area contributed by atoms with Crippen molar-refractivity contribution in [1.29, 1.82) is 0 Å². The maximum absolute atomic E-state index is 13.1. The fraction of sp³-hybridized carbons (Fsp3) is 0.227. The zero-order chi connectivity index (χ0) is 19.1. The van der Waals surface area contributed by atoms with Crippen molar-refractivity contribution in [1.82, 2.24) is 4.90 Å². The van der Waals surface area contributed by atoms with Crippen molar-refractivity contribution in [3.05, 3.63) is 71.5 Å². The second kappa shape index (κ2) is 6.50. The Kier molecular flexibility index (Phi) is 4.15. The Morgan fingerprint density at radius 3 is 2.26 bits per heavy atom. The Morgan fingerprint density at radius 1 is 0.926 bits per heavy atom. The van der Waals surface area contributed by atoms with Gasteiger partial charge in [-0.25, -0.2) is 4.57 Å². The predicted molar refractivity (Wildman–Crippen MR) is 105 cm³/mol. The van der Waals surface area contributed by atoms with Gasteiger partial charge in [0, 0.05) is 60.4 Å². The first-order valence-corrected chi connectivity index (χ1v) is 9.01. The van der Waals surface area contributed by atoms with Crippen LogP contribution in [-0.2, 0) is 13.5 Å². The summed E-state index contributed by atoms with van der Waals surface area (Å²) in [4.78, 5) is 29.5. The van der Waals surface area contributed by atoms with Crippen molar-refractivity contribution in [3.63, 3.8) is 0 Å². The van der Waals surface area contributed by atoms with E-state index in [1.54, 1.807) is 0 Å². The van der Waals surface area contributed by atoms with E-state index in [-0.39, 0.29) is 11.8 Å². The number of hydrogen-bond acceptors (Lipinski definition) is 3. The molecule has 0 spiro atoms.